The van der Waals surface area contributed by atoms with E-state index in [1.54, 1.807) is 36.4 Å². The van der Waals surface area contributed by atoms with Crippen molar-refractivity contribution in [2.24, 2.45) is 5.92 Å². The van der Waals surface area contributed by atoms with Gasteiger partial charge in [0.1, 0.15) is 11.9 Å². The number of ether oxygens (including phenoxy) is 1. The first kappa shape index (κ1) is 23.5. The number of likely N-dealkylation sites (tertiary alicyclic amines) is 1. The second-order valence-corrected chi connectivity index (χ2v) is 9.27. The Kier molecular flexibility index (Phi) is 7.53. The van der Waals surface area contributed by atoms with E-state index in [2.05, 4.69) is 27.3 Å². The van der Waals surface area contributed by atoms with Crippen LogP contribution < -0.4 is 15.6 Å². The molecule has 1 amide bonds. The molecular weight excluding hydrogens is 463 g/mol. The van der Waals surface area contributed by atoms with Crippen LogP contribution >= 0.6 is 23.2 Å². The quantitative estimate of drug-likeness (QED) is 0.521. The molecule has 0 spiro atoms. The van der Waals surface area contributed by atoms with Crippen LogP contribution in [0.3, 0.4) is 0 Å². The fourth-order valence-electron chi connectivity index (χ4n) is 4.10. The maximum absolute atomic E-state index is 12.7. The highest BCUT2D eigenvalue weighted by Gasteiger charge is 2.22. The number of carbonyl (C=O) groups is 1. The molecule has 0 unspecified atom stereocenters. The topological polar surface area (TPSA) is 87.3 Å². The zero-order chi connectivity index (χ0) is 23.4. The van der Waals surface area contributed by atoms with Gasteiger partial charge < -0.3 is 15.0 Å². The molecule has 0 radical (unpaired) electrons. The van der Waals surface area contributed by atoms with Gasteiger partial charge in [-0.25, -0.2) is 5.10 Å². The van der Waals surface area contributed by atoms with Gasteiger partial charge in [-0.1, -0.05) is 48.3 Å². The minimum atomic E-state index is -0.304. The Hall–Kier alpha value is -2.61. The fraction of sp³-hybridized carbons (Fsp3) is 0.375. The van der Waals surface area contributed by atoms with Gasteiger partial charge in [-0.3, -0.25) is 9.59 Å². The van der Waals surface area contributed by atoms with Gasteiger partial charge in [-0.05, 0) is 37.0 Å². The van der Waals surface area contributed by atoms with E-state index < -0.39 is 0 Å². The molecule has 2 heterocycles. The van der Waals surface area contributed by atoms with Gasteiger partial charge in [0.15, 0.2) is 5.69 Å². The SMILES string of the molecule is C[C@H](CNC(=O)c1n[nH]c(=O)c2ccccc12)CN1CCC(Oc2ccc(Cl)c(Cl)c2)CC1. The van der Waals surface area contributed by atoms with Crippen LogP contribution in [0.5, 0.6) is 5.75 Å². The summed E-state index contributed by atoms with van der Waals surface area (Å²) in [4.78, 5) is 27.0. The highest BCUT2D eigenvalue weighted by molar-refractivity contribution is 6.42. The first-order chi connectivity index (χ1) is 15.9. The van der Waals surface area contributed by atoms with Crippen LogP contribution in [0.4, 0.5) is 0 Å². The number of halogens is 2. The third-order valence-corrected chi connectivity index (χ3v) is 6.56. The van der Waals surface area contributed by atoms with E-state index >= 15 is 0 Å². The molecule has 1 aromatic heterocycles. The Morgan fingerprint density at radius 2 is 1.91 bits per heavy atom. The Morgan fingerprint density at radius 1 is 1.18 bits per heavy atom. The molecule has 3 aromatic rings. The van der Waals surface area contributed by atoms with Crippen LogP contribution in [0.15, 0.2) is 47.3 Å². The van der Waals surface area contributed by atoms with Gasteiger partial charge in [-0.2, -0.15) is 5.10 Å². The van der Waals surface area contributed by atoms with Gasteiger partial charge in [0.05, 0.1) is 15.4 Å². The molecule has 33 heavy (non-hydrogen) atoms. The standard InChI is InChI=1S/C24H26Cl2N4O3/c1-15(13-27-24(32)22-18-4-2-3-5-19(18)23(31)29-28-22)14-30-10-8-16(9-11-30)33-17-6-7-20(25)21(26)12-17/h2-7,12,15-16H,8-11,13-14H2,1H3,(H,27,32)(H,29,31)/t15-/m1/s1. The molecule has 1 saturated heterocycles. The van der Waals surface area contributed by atoms with Crippen molar-refractivity contribution >= 4 is 39.9 Å². The number of rotatable bonds is 7. The lowest BCUT2D eigenvalue weighted by molar-refractivity contribution is 0.0883. The number of hydrogen-bond donors (Lipinski definition) is 2. The zero-order valence-electron chi connectivity index (χ0n) is 18.3. The molecule has 4 rings (SSSR count). The molecule has 0 bridgehead atoms. The summed E-state index contributed by atoms with van der Waals surface area (Å²) < 4.78 is 6.06. The summed E-state index contributed by atoms with van der Waals surface area (Å²) in [5, 5.41) is 11.3. The van der Waals surface area contributed by atoms with Gasteiger partial charge in [0, 0.05) is 37.6 Å². The van der Waals surface area contributed by atoms with Crippen molar-refractivity contribution in [2.75, 3.05) is 26.2 Å². The van der Waals surface area contributed by atoms with Crippen LogP contribution in [0.2, 0.25) is 10.0 Å². The summed E-state index contributed by atoms with van der Waals surface area (Å²) in [5.41, 5.74) is -0.0697. The molecule has 174 valence electrons. The van der Waals surface area contributed by atoms with Crippen LogP contribution in [-0.2, 0) is 0 Å². The van der Waals surface area contributed by atoms with E-state index in [0.717, 1.165) is 38.2 Å². The minimum absolute atomic E-state index is 0.146. The lowest BCUT2D eigenvalue weighted by atomic mass is 10.0. The summed E-state index contributed by atoms with van der Waals surface area (Å²) in [6, 6.07) is 12.3. The lowest BCUT2D eigenvalue weighted by Crippen LogP contribution is -2.42. The van der Waals surface area contributed by atoms with E-state index in [0.29, 0.717) is 27.4 Å². The molecule has 0 aliphatic carbocycles. The van der Waals surface area contributed by atoms with Crippen molar-refractivity contribution in [3.8, 4) is 5.75 Å². The largest absolute Gasteiger partial charge is 0.490 e. The van der Waals surface area contributed by atoms with E-state index in [1.165, 1.54) is 0 Å². The van der Waals surface area contributed by atoms with Gasteiger partial charge in [0.2, 0.25) is 0 Å². The number of fused-ring (bicyclic) bond motifs is 1. The van der Waals surface area contributed by atoms with Crippen molar-refractivity contribution in [2.45, 2.75) is 25.9 Å². The summed E-state index contributed by atoms with van der Waals surface area (Å²) in [7, 11) is 0. The summed E-state index contributed by atoms with van der Waals surface area (Å²) in [6.07, 6.45) is 1.99. The third kappa shape index (κ3) is 5.85. The number of carbonyl (C=O) groups excluding carboxylic acids is 1. The Morgan fingerprint density at radius 3 is 2.64 bits per heavy atom. The van der Waals surface area contributed by atoms with Gasteiger partial charge in [0.25, 0.3) is 11.5 Å². The van der Waals surface area contributed by atoms with Crippen molar-refractivity contribution in [3.05, 3.63) is 68.6 Å². The maximum atomic E-state index is 12.7. The number of aromatic amines is 1. The second kappa shape index (κ2) is 10.5. The summed E-state index contributed by atoms with van der Waals surface area (Å²) >= 11 is 12.0. The maximum Gasteiger partial charge on any atom is 0.272 e. The smallest absolute Gasteiger partial charge is 0.272 e. The Balaban J connectivity index is 1.24. The Labute approximate surface area is 202 Å². The average molecular weight is 489 g/mol. The number of H-pyrrole nitrogens is 1. The molecule has 2 aromatic carbocycles. The number of amides is 1. The van der Waals surface area contributed by atoms with E-state index in [4.69, 9.17) is 27.9 Å². The first-order valence-electron chi connectivity index (χ1n) is 11.0. The molecule has 2 N–H and O–H groups in total. The molecule has 1 aliphatic heterocycles. The van der Waals surface area contributed by atoms with Crippen LogP contribution in [0.25, 0.3) is 10.8 Å². The fourth-order valence-corrected chi connectivity index (χ4v) is 4.38. The van der Waals surface area contributed by atoms with E-state index in [-0.39, 0.29) is 29.2 Å². The number of hydrogen-bond acceptors (Lipinski definition) is 5. The average Bonchev–Trinajstić information content (AvgIpc) is 2.82. The summed E-state index contributed by atoms with van der Waals surface area (Å²) in [5.74, 6) is 0.709. The number of aromatic nitrogens is 2. The van der Waals surface area contributed by atoms with Crippen LogP contribution in [0, 0.1) is 5.92 Å². The van der Waals surface area contributed by atoms with E-state index in [1.807, 2.05) is 6.07 Å². The number of nitrogens with one attached hydrogen (secondary N) is 2. The highest BCUT2D eigenvalue weighted by Crippen LogP contribution is 2.28. The predicted molar refractivity (Wildman–Crippen MR) is 130 cm³/mol. The molecule has 1 atom stereocenters. The molecule has 1 fully saturated rings. The molecule has 0 saturated carbocycles. The van der Waals surface area contributed by atoms with Crippen molar-refractivity contribution in [1.29, 1.82) is 0 Å². The number of benzene rings is 2. The van der Waals surface area contributed by atoms with Crippen LogP contribution in [-0.4, -0.2) is 53.3 Å². The monoisotopic (exact) mass is 488 g/mol. The van der Waals surface area contributed by atoms with Crippen LogP contribution in [0.1, 0.15) is 30.3 Å². The predicted octanol–water partition coefficient (Wildman–Crippen LogP) is 4.14. The third-order valence-electron chi connectivity index (χ3n) is 5.82. The molecule has 1 aliphatic rings. The number of piperidine rings is 1. The Bertz CT molecular complexity index is 1190. The normalized spacial score (nSPS) is 16.0. The highest BCUT2D eigenvalue weighted by atomic mass is 35.5. The molecule has 9 heteroatoms. The molecular formula is C24H26Cl2N4O3. The van der Waals surface area contributed by atoms with Gasteiger partial charge >= 0.3 is 0 Å². The summed E-state index contributed by atoms with van der Waals surface area (Å²) in [6.45, 7) is 5.36. The van der Waals surface area contributed by atoms with Gasteiger partial charge in [-0.15, -0.1) is 0 Å². The minimum Gasteiger partial charge on any atom is -0.490 e. The van der Waals surface area contributed by atoms with Crippen molar-refractivity contribution < 1.29 is 9.53 Å². The lowest BCUT2D eigenvalue weighted by Gasteiger charge is -2.33. The molecule has 7 nitrogen and oxygen atoms in total. The zero-order valence-corrected chi connectivity index (χ0v) is 19.8. The van der Waals surface area contributed by atoms with E-state index in [9.17, 15) is 9.59 Å². The van der Waals surface area contributed by atoms with Crippen molar-refractivity contribution in [1.82, 2.24) is 20.4 Å². The number of nitrogens with zero attached hydrogens (tertiary/aromatic N) is 2. The van der Waals surface area contributed by atoms with Crippen molar-refractivity contribution in [3.63, 3.8) is 0 Å². The first-order valence-corrected chi connectivity index (χ1v) is 11.8. The second-order valence-electron chi connectivity index (χ2n) is 8.46.